The summed E-state index contributed by atoms with van der Waals surface area (Å²) in [6, 6.07) is 4.73. The highest BCUT2D eigenvalue weighted by molar-refractivity contribution is 6.36. The molecule has 0 spiro atoms. The minimum Gasteiger partial charge on any atom is -0.480 e. The van der Waals surface area contributed by atoms with Crippen molar-refractivity contribution in [3.8, 4) is 11.3 Å². The molecule has 3 rings (SSSR count). The predicted molar refractivity (Wildman–Crippen MR) is 130 cm³/mol. The Bertz CT molecular complexity index is 1080. The van der Waals surface area contributed by atoms with Crippen LogP contribution in [0.1, 0.15) is 25.8 Å². The Morgan fingerprint density at radius 1 is 1.24 bits per heavy atom. The number of rotatable bonds is 11. The molecular weight excluding hydrogens is 465 g/mol. The highest BCUT2D eigenvalue weighted by Gasteiger charge is 2.18. The van der Waals surface area contributed by atoms with E-state index in [0.29, 0.717) is 47.6 Å². The van der Waals surface area contributed by atoms with Crippen molar-refractivity contribution in [2.24, 2.45) is 5.92 Å². The van der Waals surface area contributed by atoms with Gasteiger partial charge in [0, 0.05) is 40.5 Å². The molecule has 11 heteroatoms. The molecule has 9 nitrogen and oxygen atoms in total. The van der Waals surface area contributed by atoms with Gasteiger partial charge in [0.25, 0.3) is 0 Å². The smallest absolute Gasteiger partial charge is 0.320 e. The van der Waals surface area contributed by atoms with Crippen molar-refractivity contribution in [1.29, 1.82) is 0 Å². The van der Waals surface area contributed by atoms with Crippen molar-refractivity contribution < 1.29 is 9.90 Å². The molecule has 0 unspecified atom stereocenters. The van der Waals surface area contributed by atoms with Gasteiger partial charge in [0.15, 0.2) is 11.6 Å². The highest BCUT2D eigenvalue weighted by atomic mass is 35.5. The van der Waals surface area contributed by atoms with Gasteiger partial charge in [-0.05, 0) is 24.5 Å². The van der Waals surface area contributed by atoms with Gasteiger partial charge in [0.2, 0.25) is 0 Å². The molecule has 176 valence electrons. The fourth-order valence-electron chi connectivity index (χ4n) is 3.26. The molecule has 0 saturated heterocycles. The summed E-state index contributed by atoms with van der Waals surface area (Å²) in [7, 11) is 0. The third-order valence-corrected chi connectivity index (χ3v) is 5.67. The SMILES string of the molecule is CC(C)C[C@@H](NCCn1cc(-c2cnc(N)c(NCc3c(Cl)cccc3Cl)n2)cn1)C(=O)O. The Morgan fingerprint density at radius 2 is 1.97 bits per heavy atom. The number of benzene rings is 1. The fourth-order valence-corrected chi connectivity index (χ4v) is 3.79. The van der Waals surface area contributed by atoms with Gasteiger partial charge in [-0.15, -0.1) is 0 Å². The third kappa shape index (κ3) is 6.80. The standard InChI is InChI=1S/C22H27Cl2N7O2/c1-13(2)8-18(22(32)33)26-6-7-31-12-14(9-29-31)19-11-27-20(25)21(30-19)28-10-15-16(23)4-3-5-17(15)24/h3-5,9,11-13,18,26H,6-8,10H2,1-2H3,(H2,25,27)(H,28,30)(H,32,33)/t18-/m1/s1. The Balaban J connectivity index is 1.64. The number of aliphatic carboxylic acids is 1. The number of carbonyl (C=O) groups is 1. The fraction of sp³-hybridized carbons (Fsp3) is 0.364. The molecule has 0 saturated carbocycles. The Kier molecular flexibility index (Phi) is 8.49. The van der Waals surface area contributed by atoms with E-state index in [0.717, 1.165) is 11.1 Å². The summed E-state index contributed by atoms with van der Waals surface area (Å²) >= 11 is 12.5. The Hall–Kier alpha value is -2.88. The van der Waals surface area contributed by atoms with E-state index < -0.39 is 12.0 Å². The molecule has 5 N–H and O–H groups in total. The normalized spacial score (nSPS) is 12.2. The monoisotopic (exact) mass is 491 g/mol. The molecule has 1 aromatic carbocycles. The zero-order valence-corrected chi connectivity index (χ0v) is 19.9. The Morgan fingerprint density at radius 3 is 2.64 bits per heavy atom. The number of carboxylic acids is 1. The van der Waals surface area contributed by atoms with Crippen LogP contribution in [0, 0.1) is 5.92 Å². The number of hydrogen-bond donors (Lipinski definition) is 4. The minimum absolute atomic E-state index is 0.253. The Labute approximate surface area is 202 Å². The van der Waals surface area contributed by atoms with Gasteiger partial charge in [-0.2, -0.15) is 5.10 Å². The maximum Gasteiger partial charge on any atom is 0.320 e. The summed E-state index contributed by atoms with van der Waals surface area (Å²) in [5.74, 6) is 0.107. The largest absolute Gasteiger partial charge is 0.480 e. The molecule has 0 radical (unpaired) electrons. The topological polar surface area (TPSA) is 131 Å². The number of nitrogen functional groups attached to an aromatic ring is 1. The molecule has 33 heavy (non-hydrogen) atoms. The van der Waals surface area contributed by atoms with Crippen LogP contribution in [0.3, 0.4) is 0 Å². The van der Waals surface area contributed by atoms with Gasteiger partial charge < -0.3 is 21.5 Å². The van der Waals surface area contributed by atoms with Gasteiger partial charge in [0.1, 0.15) is 6.04 Å². The molecule has 0 bridgehead atoms. The van der Waals surface area contributed by atoms with E-state index in [9.17, 15) is 9.90 Å². The molecule has 0 aliphatic heterocycles. The van der Waals surface area contributed by atoms with Crippen LogP contribution in [0.4, 0.5) is 11.6 Å². The molecule has 2 aromatic heterocycles. The number of nitrogens with two attached hydrogens (primary N) is 1. The van der Waals surface area contributed by atoms with Crippen LogP contribution < -0.4 is 16.4 Å². The van der Waals surface area contributed by atoms with E-state index in [1.54, 1.807) is 35.3 Å². The lowest BCUT2D eigenvalue weighted by molar-refractivity contribution is -0.139. The molecule has 1 atom stereocenters. The summed E-state index contributed by atoms with van der Waals surface area (Å²) < 4.78 is 1.73. The van der Waals surface area contributed by atoms with Gasteiger partial charge >= 0.3 is 5.97 Å². The highest BCUT2D eigenvalue weighted by Crippen LogP contribution is 2.26. The van der Waals surface area contributed by atoms with Crippen molar-refractivity contribution in [2.45, 2.75) is 39.4 Å². The number of hydrogen-bond acceptors (Lipinski definition) is 7. The first kappa shape index (κ1) is 24.8. The van der Waals surface area contributed by atoms with Crippen molar-refractivity contribution in [2.75, 3.05) is 17.6 Å². The zero-order chi connectivity index (χ0) is 24.0. The van der Waals surface area contributed by atoms with Crippen molar-refractivity contribution in [3.63, 3.8) is 0 Å². The molecule has 0 fully saturated rings. The predicted octanol–water partition coefficient (Wildman–Crippen LogP) is 3.93. The lowest BCUT2D eigenvalue weighted by Gasteiger charge is -2.16. The van der Waals surface area contributed by atoms with Gasteiger partial charge in [-0.25, -0.2) is 9.97 Å². The lowest BCUT2D eigenvalue weighted by atomic mass is 10.0. The average Bonchev–Trinajstić information content (AvgIpc) is 3.22. The van der Waals surface area contributed by atoms with Gasteiger partial charge in [-0.1, -0.05) is 43.1 Å². The number of halogens is 2. The van der Waals surface area contributed by atoms with E-state index in [1.807, 2.05) is 20.0 Å². The van der Waals surface area contributed by atoms with Gasteiger partial charge in [-0.3, -0.25) is 9.48 Å². The van der Waals surface area contributed by atoms with Crippen LogP contribution in [0.15, 0.2) is 36.8 Å². The van der Waals surface area contributed by atoms with E-state index in [2.05, 4.69) is 25.7 Å². The van der Waals surface area contributed by atoms with Gasteiger partial charge in [0.05, 0.1) is 24.6 Å². The third-order valence-electron chi connectivity index (χ3n) is 4.96. The molecule has 2 heterocycles. The summed E-state index contributed by atoms with van der Waals surface area (Å²) in [4.78, 5) is 20.2. The van der Waals surface area contributed by atoms with Crippen molar-refractivity contribution in [1.82, 2.24) is 25.1 Å². The summed E-state index contributed by atoms with van der Waals surface area (Å²) in [5, 5.41) is 21.0. The molecular formula is C22H27Cl2N7O2. The van der Waals surface area contributed by atoms with E-state index in [4.69, 9.17) is 28.9 Å². The van der Waals surface area contributed by atoms with Crippen molar-refractivity contribution >= 4 is 40.8 Å². The van der Waals surface area contributed by atoms with Crippen LogP contribution in [-0.2, 0) is 17.9 Å². The van der Waals surface area contributed by atoms with Crippen molar-refractivity contribution in [3.05, 3.63) is 52.4 Å². The molecule has 0 amide bonds. The van der Waals surface area contributed by atoms with Crippen LogP contribution in [0.2, 0.25) is 10.0 Å². The van der Waals surface area contributed by atoms with E-state index in [-0.39, 0.29) is 11.7 Å². The zero-order valence-electron chi connectivity index (χ0n) is 18.4. The maximum atomic E-state index is 11.4. The number of aromatic nitrogens is 4. The maximum absolute atomic E-state index is 11.4. The second kappa shape index (κ2) is 11.3. The molecule has 0 aliphatic carbocycles. The first-order valence-corrected chi connectivity index (χ1v) is 11.3. The minimum atomic E-state index is -0.847. The second-order valence-corrected chi connectivity index (χ2v) is 8.82. The van der Waals surface area contributed by atoms with Crippen LogP contribution >= 0.6 is 23.2 Å². The summed E-state index contributed by atoms with van der Waals surface area (Å²) in [6.07, 6.45) is 5.65. The molecule has 3 aromatic rings. The first-order chi connectivity index (χ1) is 15.7. The van der Waals surface area contributed by atoms with E-state index in [1.165, 1.54) is 0 Å². The van der Waals surface area contributed by atoms with Crippen LogP contribution in [-0.4, -0.2) is 43.4 Å². The average molecular weight is 492 g/mol. The molecule has 0 aliphatic rings. The summed E-state index contributed by atoms with van der Waals surface area (Å²) in [5.41, 5.74) is 8.09. The van der Waals surface area contributed by atoms with Crippen LogP contribution in [0.25, 0.3) is 11.3 Å². The lowest BCUT2D eigenvalue weighted by Crippen LogP contribution is -2.39. The first-order valence-electron chi connectivity index (χ1n) is 10.5. The number of carboxylic acid groups (broad SMARTS) is 1. The number of nitrogens with zero attached hydrogens (tertiary/aromatic N) is 4. The number of nitrogens with one attached hydrogen (secondary N) is 2. The van der Waals surface area contributed by atoms with Crippen LogP contribution in [0.5, 0.6) is 0 Å². The van der Waals surface area contributed by atoms with E-state index >= 15 is 0 Å². The summed E-state index contributed by atoms with van der Waals surface area (Å²) in [6.45, 7) is 5.32. The number of anilines is 2. The second-order valence-electron chi connectivity index (χ2n) is 8.01. The quantitative estimate of drug-likeness (QED) is 0.317.